The molecular weight excluding hydrogens is 322 g/mol. The maximum atomic E-state index is 13.0. The van der Waals surface area contributed by atoms with E-state index in [4.69, 9.17) is 10.3 Å². The second-order valence-electron chi connectivity index (χ2n) is 6.83. The van der Waals surface area contributed by atoms with Crippen molar-refractivity contribution in [2.24, 2.45) is 5.73 Å². The van der Waals surface area contributed by atoms with Crippen molar-refractivity contribution in [2.45, 2.75) is 45.4 Å². The first-order valence-corrected chi connectivity index (χ1v) is 8.49. The number of aromatic nitrogens is 3. The van der Waals surface area contributed by atoms with Gasteiger partial charge in [0, 0.05) is 30.6 Å². The lowest BCUT2D eigenvalue weighted by Gasteiger charge is -2.32. The molecule has 2 aromatic heterocycles. The Balaban J connectivity index is 1.80. The number of primary amides is 1. The Labute approximate surface area is 145 Å². The number of carbonyl (C=O) groups is 2. The third-order valence-electron chi connectivity index (χ3n) is 4.63. The topological polar surface area (TPSA) is 118 Å². The van der Waals surface area contributed by atoms with Crippen LogP contribution in [0.5, 0.6) is 0 Å². The zero-order valence-corrected chi connectivity index (χ0v) is 14.7. The van der Waals surface area contributed by atoms with Gasteiger partial charge in [0.2, 0.25) is 0 Å². The molecule has 3 rings (SSSR count). The van der Waals surface area contributed by atoms with Gasteiger partial charge >= 0.3 is 0 Å². The highest BCUT2D eigenvalue weighted by atomic mass is 16.5. The van der Waals surface area contributed by atoms with Gasteiger partial charge in [-0.2, -0.15) is 5.10 Å². The first-order chi connectivity index (χ1) is 11.9. The number of rotatable bonds is 4. The average Bonchev–Trinajstić information content (AvgIpc) is 3.21. The minimum Gasteiger partial charge on any atom is -0.364 e. The van der Waals surface area contributed by atoms with Crippen LogP contribution in [0.15, 0.2) is 10.6 Å². The lowest BCUT2D eigenvalue weighted by atomic mass is 9.93. The van der Waals surface area contributed by atoms with E-state index in [-0.39, 0.29) is 23.4 Å². The Morgan fingerprint density at radius 1 is 1.44 bits per heavy atom. The minimum absolute atomic E-state index is 0.0539. The van der Waals surface area contributed by atoms with Crippen molar-refractivity contribution in [2.75, 3.05) is 13.1 Å². The molecule has 25 heavy (non-hydrogen) atoms. The quantitative estimate of drug-likeness (QED) is 0.878. The summed E-state index contributed by atoms with van der Waals surface area (Å²) in [5.41, 5.74) is 7.49. The third kappa shape index (κ3) is 3.29. The summed E-state index contributed by atoms with van der Waals surface area (Å²) in [5.74, 6) is 0.198. The van der Waals surface area contributed by atoms with Gasteiger partial charge in [-0.05, 0) is 25.8 Å². The number of H-pyrrole nitrogens is 1. The molecule has 0 spiro atoms. The van der Waals surface area contributed by atoms with Crippen LogP contribution in [0.4, 0.5) is 0 Å². The van der Waals surface area contributed by atoms with Gasteiger partial charge in [0.05, 0.1) is 5.69 Å². The smallest absolute Gasteiger partial charge is 0.269 e. The predicted molar refractivity (Wildman–Crippen MR) is 90.3 cm³/mol. The van der Waals surface area contributed by atoms with E-state index in [9.17, 15) is 9.59 Å². The molecule has 0 bridgehead atoms. The lowest BCUT2D eigenvalue weighted by Crippen LogP contribution is -2.39. The molecule has 2 aromatic rings. The molecule has 3 heterocycles. The number of likely N-dealkylation sites (tertiary alicyclic amines) is 1. The number of hydrogen-bond acceptors (Lipinski definition) is 5. The van der Waals surface area contributed by atoms with Crippen molar-refractivity contribution >= 4 is 11.8 Å². The van der Waals surface area contributed by atoms with Crippen LogP contribution in [0, 0.1) is 6.92 Å². The van der Waals surface area contributed by atoms with Crippen molar-refractivity contribution < 1.29 is 14.1 Å². The van der Waals surface area contributed by atoms with Gasteiger partial charge in [-0.3, -0.25) is 14.7 Å². The molecule has 0 radical (unpaired) electrons. The van der Waals surface area contributed by atoms with Crippen LogP contribution in [0.25, 0.3) is 0 Å². The number of hydrogen-bond donors (Lipinski definition) is 2. The molecule has 1 atom stereocenters. The molecule has 0 aliphatic carbocycles. The highest BCUT2D eigenvalue weighted by Crippen LogP contribution is 2.29. The number of nitrogens with one attached hydrogen (secondary N) is 1. The molecule has 0 unspecified atom stereocenters. The van der Waals surface area contributed by atoms with E-state index in [0.717, 1.165) is 18.5 Å². The molecule has 8 heteroatoms. The van der Waals surface area contributed by atoms with Gasteiger partial charge in [0.15, 0.2) is 5.76 Å². The van der Waals surface area contributed by atoms with Crippen LogP contribution in [-0.4, -0.2) is 45.2 Å². The first-order valence-electron chi connectivity index (χ1n) is 8.49. The highest BCUT2D eigenvalue weighted by molar-refractivity contribution is 5.96. The van der Waals surface area contributed by atoms with Gasteiger partial charge in [0.25, 0.3) is 11.8 Å². The Kier molecular flexibility index (Phi) is 4.61. The number of amides is 2. The SMILES string of the molecule is Cc1noc(C(C)C)c1C(=O)N1CCC[C@@H](c2cc(C(N)=O)n[nH]2)C1. The summed E-state index contributed by atoms with van der Waals surface area (Å²) in [6.45, 7) is 6.99. The molecule has 0 aromatic carbocycles. The maximum Gasteiger partial charge on any atom is 0.269 e. The zero-order valence-electron chi connectivity index (χ0n) is 14.7. The van der Waals surface area contributed by atoms with Gasteiger partial charge in [-0.15, -0.1) is 0 Å². The van der Waals surface area contributed by atoms with Crippen LogP contribution in [-0.2, 0) is 0 Å². The van der Waals surface area contributed by atoms with E-state index in [1.165, 1.54) is 0 Å². The van der Waals surface area contributed by atoms with E-state index in [1.54, 1.807) is 13.0 Å². The molecule has 8 nitrogen and oxygen atoms in total. The minimum atomic E-state index is -0.562. The van der Waals surface area contributed by atoms with Crippen LogP contribution in [0.3, 0.4) is 0 Å². The predicted octanol–water partition coefficient (Wildman–Crippen LogP) is 1.95. The number of aromatic amines is 1. The Hall–Kier alpha value is -2.64. The second kappa shape index (κ2) is 6.70. The van der Waals surface area contributed by atoms with Crippen molar-refractivity contribution in [1.82, 2.24) is 20.3 Å². The molecule has 0 saturated carbocycles. The Bertz CT molecular complexity index is 792. The van der Waals surface area contributed by atoms with Crippen molar-refractivity contribution in [3.63, 3.8) is 0 Å². The summed E-state index contributed by atoms with van der Waals surface area (Å²) in [5, 5.41) is 10.8. The van der Waals surface area contributed by atoms with Gasteiger partial charge in [-0.1, -0.05) is 19.0 Å². The number of piperidine rings is 1. The summed E-state index contributed by atoms with van der Waals surface area (Å²) in [4.78, 5) is 26.1. The fourth-order valence-corrected chi connectivity index (χ4v) is 3.29. The average molecular weight is 345 g/mol. The zero-order chi connectivity index (χ0) is 18.1. The standard InChI is InChI=1S/C17H23N5O3/c1-9(2)15-14(10(3)21-25-15)17(24)22-6-4-5-11(8-22)12-7-13(16(18)23)20-19-12/h7,9,11H,4-6,8H2,1-3H3,(H2,18,23)(H,19,20)/t11-/m1/s1. The van der Waals surface area contributed by atoms with E-state index in [0.29, 0.717) is 30.1 Å². The van der Waals surface area contributed by atoms with Crippen LogP contribution < -0.4 is 5.73 Å². The van der Waals surface area contributed by atoms with E-state index in [1.807, 2.05) is 18.7 Å². The van der Waals surface area contributed by atoms with Crippen LogP contribution in [0.2, 0.25) is 0 Å². The summed E-state index contributed by atoms with van der Waals surface area (Å²) in [6.07, 6.45) is 1.80. The summed E-state index contributed by atoms with van der Waals surface area (Å²) < 4.78 is 5.34. The van der Waals surface area contributed by atoms with E-state index < -0.39 is 5.91 Å². The summed E-state index contributed by atoms with van der Waals surface area (Å²) in [6, 6.07) is 1.67. The largest absolute Gasteiger partial charge is 0.364 e. The van der Waals surface area contributed by atoms with Crippen LogP contribution in [0.1, 0.15) is 76.5 Å². The molecular formula is C17H23N5O3. The third-order valence-corrected chi connectivity index (χ3v) is 4.63. The molecule has 1 aliphatic heterocycles. The molecule has 1 fully saturated rings. The van der Waals surface area contributed by atoms with Crippen LogP contribution >= 0.6 is 0 Å². The Morgan fingerprint density at radius 2 is 2.20 bits per heavy atom. The maximum absolute atomic E-state index is 13.0. The van der Waals surface area contributed by atoms with Gasteiger partial charge in [-0.25, -0.2) is 0 Å². The summed E-state index contributed by atoms with van der Waals surface area (Å²) in [7, 11) is 0. The monoisotopic (exact) mass is 345 g/mol. The van der Waals surface area contributed by atoms with E-state index >= 15 is 0 Å². The van der Waals surface area contributed by atoms with Gasteiger partial charge < -0.3 is 15.2 Å². The van der Waals surface area contributed by atoms with Gasteiger partial charge in [0.1, 0.15) is 11.3 Å². The number of carbonyl (C=O) groups excluding carboxylic acids is 2. The normalized spacial score (nSPS) is 17.9. The number of nitrogens with two attached hydrogens (primary N) is 1. The summed E-state index contributed by atoms with van der Waals surface area (Å²) >= 11 is 0. The molecule has 3 N–H and O–H groups in total. The van der Waals surface area contributed by atoms with E-state index in [2.05, 4.69) is 15.4 Å². The number of aryl methyl sites for hydroxylation is 1. The lowest BCUT2D eigenvalue weighted by molar-refractivity contribution is 0.0702. The van der Waals surface area contributed by atoms with Crippen molar-refractivity contribution in [3.05, 3.63) is 34.5 Å². The molecule has 1 aliphatic rings. The molecule has 1 saturated heterocycles. The molecule has 2 amide bonds. The Morgan fingerprint density at radius 3 is 2.84 bits per heavy atom. The fourth-order valence-electron chi connectivity index (χ4n) is 3.29. The van der Waals surface area contributed by atoms with Crippen molar-refractivity contribution in [3.8, 4) is 0 Å². The first kappa shape index (κ1) is 17.2. The molecule has 134 valence electrons. The number of nitrogens with zero attached hydrogens (tertiary/aromatic N) is 3. The van der Waals surface area contributed by atoms with Crippen molar-refractivity contribution in [1.29, 1.82) is 0 Å². The fraction of sp³-hybridized carbons (Fsp3) is 0.529. The second-order valence-corrected chi connectivity index (χ2v) is 6.83. The highest BCUT2D eigenvalue weighted by Gasteiger charge is 2.31.